The Balaban J connectivity index is 1.40. The summed E-state index contributed by atoms with van der Waals surface area (Å²) in [4.78, 5) is 7.35. The number of imidazole rings is 1. The summed E-state index contributed by atoms with van der Waals surface area (Å²) >= 11 is 0. The second-order valence-electron chi connectivity index (χ2n) is 10.0. The van der Waals surface area contributed by atoms with Crippen molar-refractivity contribution < 1.29 is 13.5 Å². The minimum Gasteiger partial charge on any atom is -0.343 e. The van der Waals surface area contributed by atoms with Crippen LogP contribution < -0.4 is 10.6 Å². The van der Waals surface area contributed by atoms with E-state index in [1.165, 1.54) is 12.1 Å². The summed E-state index contributed by atoms with van der Waals surface area (Å²) < 4.78 is 35.4. The monoisotopic (exact) mass is 508 g/mol. The molecule has 0 spiro atoms. The Morgan fingerprint density at radius 1 is 1.16 bits per heavy atom. The number of rotatable bonds is 8. The first-order valence-electron chi connectivity index (χ1n) is 13.1. The average Bonchev–Trinajstić information content (AvgIpc) is 3.54. The number of nitrogens with one attached hydrogen (secondary N) is 2. The lowest BCUT2D eigenvalue weighted by Crippen LogP contribution is -2.56. The highest BCUT2D eigenvalue weighted by Crippen LogP contribution is 2.34. The summed E-state index contributed by atoms with van der Waals surface area (Å²) in [7, 11) is 0. The first-order valence-corrected chi connectivity index (χ1v) is 13.1. The van der Waals surface area contributed by atoms with E-state index in [2.05, 4.69) is 28.5 Å². The van der Waals surface area contributed by atoms with Gasteiger partial charge in [0.1, 0.15) is 12.8 Å². The van der Waals surface area contributed by atoms with Crippen LogP contribution in [0.25, 0.3) is 11.0 Å². The fraction of sp³-hybridized carbons (Fsp3) is 0.500. The molecule has 3 heterocycles. The van der Waals surface area contributed by atoms with Crippen molar-refractivity contribution in [3.05, 3.63) is 59.7 Å². The molecule has 37 heavy (non-hydrogen) atoms. The van der Waals surface area contributed by atoms with Crippen molar-refractivity contribution in [1.29, 1.82) is 5.26 Å². The van der Waals surface area contributed by atoms with E-state index in [0.717, 1.165) is 55.4 Å². The highest BCUT2D eigenvalue weighted by atomic mass is 19.2. The van der Waals surface area contributed by atoms with Crippen LogP contribution in [-0.2, 0) is 4.74 Å². The summed E-state index contributed by atoms with van der Waals surface area (Å²) in [5.41, 5.74) is 2.65. The van der Waals surface area contributed by atoms with Crippen molar-refractivity contribution in [2.75, 3.05) is 25.0 Å². The Labute approximate surface area is 216 Å². The van der Waals surface area contributed by atoms with Gasteiger partial charge in [0, 0.05) is 24.5 Å². The predicted octanol–water partition coefficient (Wildman–Crippen LogP) is 5.13. The van der Waals surface area contributed by atoms with Crippen LogP contribution in [0, 0.1) is 23.0 Å². The maximum absolute atomic E-state index is 14.0. The van der Waals surface area contributed by atoms with Crippen molar-refractivity contribution in [2.45, 2.75) is 69.9 Å². The van der Waals surface area contributed by atoms with Gasteiger partial charge in [-0.2, -0.15) is 5.26 Å². The third-order valence-electron chi connectivity index (χ3n) is 7.87. The van der Waals surface area contributed by atoms with Crippen LogP contribution in [0.4, 0.5) is 14.7 Å². The van der Waals surface area contributed by atoms with E-state index >= 15 is 0 Å². The van der Waals surface area contributed by atoms with E-state index in [-0.39, 0.29) is 37.0 Å². The maximum Gasteiger partial charge on any atom is 0.207 e. The van der Waals surface area contributed by atoms with Gasteiger partial charge >= 0.3 is 0 Å². The van der Waals surface area contributed by atoms with Gasteiger partial charge in [0.2, 0.25) is 5.95 Å². The highest BCUT2D eigenvalue weighted by molar-refractivity contribution is 5.78. The van der Waals surface area contributed by atoms with Crippen molar-refractivity contribution >= 4 is 17.0 Å². The lowest BCUT2D eigenvalue weighted by molar-refractivity contribution is 0.0409. The van der Waals surface area contributed by atoms with E-state index in [9.17, 15) is 8.78 Å². The number of para-hydroxylation sites is 2. The van der Waals surface area contributed by atoms with E-state index in [1.807, 2.05) is 35.8 Å². The Hall–Kier alpha value is -3.06. The van der Waals surface area contributed by atoms with Gasteiger partial charge in [0.05, 0.1) is 23.3 Å². The maximum atomic E-state index is 14.0. The van der Waals surface area contributed by atoms with Crippen LogP contribution in [-0.4, -0.2) is 52.4 Å². The van der Waals surface area contributed by atoms with Crippen LogP contribution in [0.1, 0.15) is 57.2 Å². The topological polar surface area (TPSA) is 78.1 Å². The van der Waals surface area contributed by atoms with Crippen molar-refractivity contribution in [2.24, 2.45) is 0 Å². The van der Waals surface area contributed by atoms with Crippen molar-refractivity contribution in [3.63, 3.8) is 0 Å². The molecule has 5 unspecified atom stereocenters. The first kappa shape index (κ1) is 25.6. The van der Waals surface area contributed by atoms with Gasteiger partial charge in [-0.1, -0.05) is 18.2 Å². The Morgan fingerprint density at radius 2 is 2.00 bits per heavy atom. The number of anilines is 1. The standard InChI is InChI=1S/C28H34F2N6O/c1-18(27-21(12-14-32-27)20-10-11-22(29)23(30)17-20)35-15-6-5-9-26(35)34-28-33-24-7-3-4-8-25(24)36(28)19(2)37-16-13-31/h3-4,7-8,10-11,17-19,21,26-27,32H,5-6,9,12,14-16H2,1-2H3,(H,33,34). The number of halogens is 2. The van der Waals surface area contributed by atoms with Gasteiger partial charge < -0.3 is 15.4 Å². The second kappa shape index (κ2) is 11.1. The number of ether oxygens (including phenoxy) is 1. The molecular formula is C28H34F2N6O. The molecule has 2 N–H and O–H groups in total. The predicted molar refractivity (Wildman–Crippen MR) is 139 cm³/mol. The lowest BCUT2D eigenvalue weighted by Gasteiger charge is -2.43. The zero-order chi connectivity index (χ0) is 25.9. The molecule has 0 radical (unpaired) electrons. The summed E-state index contributed by atoms with van der Waals surface area (Å²) in [5.74, 6) is -0.778. The quantitative estimate of drug-likeness (QED) is 0.439. The number of nitriles is 1. The van der Waals surface area contributed by atoms with Crippen molar-refractivity contribution in [1.82, 2.24) is 19.8 Å². The third kappa shape index (κ3) is 5.19. The average molecular weight is 509 g/mol. The number of nitrogens with zero attached hydrogens (tertiary/aromatic N) is 4. The van der Waals surface area contributed by atoms with E-state index < -0.39 is 11.6 Å². The fourth-order valence-electron chi connectivity index (χ4n) is 6.05. The molecule has 2 aromatic carbocycles. The zero-order valence-electron chi connectivity index (χ0n) is 21.3. The number of likely N-dealkylation sites (tertiary alicyclic amines) is 1. The molecule has 0 amide bonds. The molecule has 196 valence electrons. The van der Waals surface area contributed by atoms with Crippen LogP contribution >= 0.6 is 0 Å². The first-order chi connectivity index (χ1) is 18.0. The van der Waals surface area contributed by atoms with Crippen molar-refractivity contribution in [3.8, 4) is 6.07 Å². The van der Waals surface area contributed by atoms with E-state index in [4.69, 9.17) is 15.0 Å². The third-order valence-corrected chi connectivity index (χ3v) is 7.87. The largest absolute Gasteiger partial charge is 0.343 e. The SMILES string of the molecule is CC(C1NCCC1c1ccc(F)c(F)c1)N1CCCCC1Nc1nc2ccccc2n1C(C)OCC#N. The van der Waals surface area contributed by atoms with Crippen LogP contribution in [0.15, 0.2) is 42.5 Å². The molecule has 2 aliphatic rings. The fourth-order valence-corrected chi connectivity index (χ4v) is 6.05. The second-order valence-corrected chi connectivity index (χ2v) is 10.0. The van der Waals surface area contributed by atoms with Gasteiger partial charge in [0.25, 0.3) is 0 Å². The minimum atomic E-state index is -0.810. The Morgan fingerprint density at radius 3 is 2.81 bits per heavy atom. The highest BCUT2D eigenvalue weighted by Gasteiger charge is 2.38. The molecule has 2 aliphatic heterocycles. The van der Waals surface area contributed by atoms with Crippen LogP contribution in [0.2, 0.25) is 0 Å². The Kier molecular flexibility index (Phi) is 7.70. The molecule has 0 saturated carbocycles. The number of fused-ring (bicyclic) bond motifs is 1. The summed E-state index contributed by atoms with van der Waals surface area (Å²) in [5, 5.41) is 16.4. The van der Waals surface area contributed by atoms with Gasteiger partial charge in [-0.25, -0.2) is 13.8 Å². The molecule has 5 atom stereocenters. The molecular weight excluding hydrogens is 474 g/mol. The van der Waals surface area contributed by atoms with Gasteiger partial charge in [-0.15, -0.1) is 0 Å². The van der Waals surface area contributed by atoms with E-state index in [0.29, 0.717) is 5.95 Å². The number of aromatic nitrogens is 2. The smallest absolute Gasteiger partial charge is 0.207 e. The van der Waals surface area contributed by atoms with Gasteiger partial charge in [0.15, 0.2) is 11.6 Å². The lowest BCUT2D eigenvalue weighted by atomic mass is 9.87. The summed E-state index contributed by atoms with van der Waals surface area (Å²) in [6, 6.07) is 14.5. The number of piperidine rings is 1. The molecule has 5 rings (SSSR count). The molecule has 2 fully saturated rings. The molecule has 0 aliphatic carbocycles. The molecule has 0 bridgehead atoms. The molecule has 2 saturated heterocycles. The minimum absolute atomic E-state index is 0.00157. The molecule has 7 nitrogen and oxygen atoms in total. The Bertz CT molecular complexity index is 1270. The number of benzene rings is 2. The van der Waals surface area contributed by atoms with Crippen LogP contribution in [0.5, 0.6) is 0 Å². The van der Waals surface area contributed by atoms with Crippen LogP contribution in [0.3, 0.4) is 0 Å². The zero-order valence-corrected chi connectivity index (χ0v) is 21.3. The molecule has 9 heteroatoms. The normalized spacial score (nSPS) is 24.1. The van der Waals surface area contributed by atoms with E-state index in [1.54, 1.807) is 6.07 Å². The molecule has 1 aromatic heterocycles. The number of hydrogen-bond donors (Lipinski definition) is 2. The number of hydrogen-bond acceptors (Lipinski definition) is 6. The van der Waals surface area contributed by atoms with Gasteiger partial charge in [-0.05, 0) is 75.9 Å². The van der Waals surface area contributed by atoms with Gasteiger partial charge in [-0.3, -0.25) is 9.47 Å². The molecule has 3 aromatic rings. The summed E-state index contributed by atoms with van der Waals surface area (Å²) in [6.45, 7) is 5.92. The summed E-state index contributed by atoms with van der Waals surface area (Å²) in [6.07, 6.45) is 3.74.